The number of halogens is 2. The molecule has 3 heterocycles. The van der Waals surface area contributed by atoms with Crippen LogP contribution in [0, 0.1) is 0 Å². The Bertz CT molecular complexity index is 1010. The zero-order valence-corrected chi connectivity index (χ0v) is 16.2. The molecule has 1 atom stereocenters. The van der Waals surface area contributed by atoms with Crippen LogP contribution in [0.4, 0.5) is 8.78 Å². The minimum atomic E-state index is -3.05. The fourth-order valence-corrected chi connectivity index (χ4v) is 2.48. The molecule has 0 radical (unpaired) electrons. The van der Waals surface area contributed by atoms with Gasteiger partial charge in [-0.05, 0) is 23.6 Å². The SMILES string of the molecule is CCc1cncc(Cn2nc(-c3cnc(OCC(F)(F)P)nc3)ccc2=O)c1. The number of nitrogens with zero attached hydrogens (tertiary/aromatic N) is 5. The maximum Gasteiger partial charge on any atom is 0.316 e. The molecular formula is C18H18F2N5O2P. The van der Waals surface area contributed by atoms with Crippen LogP contribution in [-0.2, 0) is 13.0 Å². The second-order valence-corrected chi connectivity index (χ2v) is 6.92. The summed E-state index contributed by atoms with van der Waals surface area (Å²) in [5, 5.41) is 4.34. The first-order valence-electron chi connectivity index (χ1n) is 8.47. The van der Waals surface area contributed by atoms with E-state index in [9.17, 15) is 13.6 Å². The molecule has 3 rings (SSSR count). The first kappa shape index (κ1) is 19.9. The van der Waals surface area contributed by atoms with E-state index in [4.69, 9.17) is 4.74 Å². The molecule has 0 N–H and O–H groups in total. The van der Waals surface area contributed by atoms with E-state index in [0.717, 1.165) is 17.5 Å². The molecular weight excluding hydrogens is 387 g/mol. The van der Waals surface area contributed by atoms with E-state index >= 15 is 0 Å². The number of rotatable bonds is 7. The van der Waals surface area contributed by atoms with E-state index in [-0.39, 0.29) is 18.1 Å². The van der Waals surface area contributed by atoms with Crippen molar-refractivity contribution < 1.29 is 13.5 Å². The molecule has 0 aromatic carbocycles. The van der Waals surface area contributed by atoms with Crippen LogP contribution in [0.5, 0.6) is 6.01 Å². The molecule has 0 saturated heterocycles. The highest BCUT2D eigenvalue weighted by molar-refractivity contribution is 7.18. The predicted molar refractivity (Wildman–Crippen MR) is 102 cm³/mol. The van der Waals surface area contributed by atoms with E-state index in [1.54, 1.807) is 18.5 Å². The van der Waals surface area contributed by atoms with Gasteiger partial charge in [-0.1, -0.05) is 22.2 Å². The highest BCUT2D eigenvalue weighted by atomic mass is 31.0. The van der Waals surface area contributed by atoms with Gasteiger partial charge in [-0.15, -0.1) is 0 Å². The summed E-state index contributed by atoms with van der Waals surface area (Å²) in [6, 6.07) is 4.76. The van der Waals surface area contributed by atoms with Crippen LogP contribution in [0.3, 0.4) is 0 Å². The Balaban J connectivity index is 1.79. The van der Waals surface area contributed by atoms with Gasteiger partial charge in [0.25, 0.3) is 11.2 Å². The second-order valence-electron chi connectivity index (χ2n) is 6.07. The molecule has 0 spiro atoms. The maximum absolute atomic E-state index is 12.8. The van der Waals surface area contributed by atoms with Gasteiger partial charge in [-0.3, -0.25) is 9.78 Å². The highest BCUT2D eigenvalue weighted by Crippen LogP contribution is 2.22. The fraction of sp³-hybridized carbons (Fsp3) is 0.278. The Kier molecular flexibility index (Phi) is 6.04. The summed E-state index contributed by atoms with van der Waals surface area (Å²) in [5.74, 6) is 0. The molecule has 28 heavy (non-hydrogen) atoms. The molecule has 0 saturated carbocycles. The molecule has 146 valence electrons. The number of hydrogen-bond donors (Lipinski definition) is 0. The molecule has 0 bridgehead atoms. The summed E-state index contributed by atoms with van der Waals surface area (Å²) in [6.45, 7) is 1.46. The minimum absolute atomic E-state index is 0.165. The molecule has 0 fully saturated rings. The Morgan fingerprint density at radius 3 is 2.54 bits per heavy atom. The number of alkyl halides is 2. The van der Waals surface area contributed by atoms with Crippen molar-refractivity contribution in [2.45, 2.75) is 25.6 Å². The topological polar surface area (TPSA) is 82.8 Å². The molecule has 0 aliphatic heterocycles. The van der Waals surface area contributed by atoms with Crippen LogP contribution in [0.15, 0.2) is 47.8 Å². The molecule has 1 unspecified atom stereocenters. The quantitative estimate of drug-likeness (QED) is 0.562. The number of aryl methyl sites for hydroxylation is 1. The molecule has 0 aliphatic carbocycles. The van der Waals surface area contributed by atoms with Crippen molar-refractivity contribution in [1.82, 2.24) is 24.7 Å². The largest absolute Gasteiger partial charge is 0.457 e. The third-order valence-corrected chi connectivity index (χ3v) is 3.94. The monoisotopic (exact) mass is 405 g/mol. The van der Waals surface area contributed by atoms with Crippen molar-refractivity contribution >= 4 is 9.24 Å². The Morgan fingerprint density at radius 2 is 1.86 bits per heavy atom. The van der Waals surface area contributed by atoms with Crippen molar-refractivity contribution in [3.8, 4) is 17.3 Å². The minimum Gasteiger partial charge on any atom is -0.457 e. The molecule has 0 aliphatic rings. The van der Waals surface area contributed by atoms with Gasteiger partial charge < -0.3 is 4.74 Å². The van der Waals surface area contributed by atoms with E-state index < -0.39 is 12.3 Å². The first-order valence-corrected chi connectivity index (χ1v) is 9.04. The van der Waals surface area contributed by atoms with Crippen molar-refractivity contribution in [2.24, 2.45) is 0 Å². The van der Waals surface area contributed by atoms with Crippen molar-refractivity contribution in [3.05, 3.63) is 64.5 Å². The lowest BCUT2D eigenvalue weighted by Gasteiger charge is -2.10. The Labute approximate surface area is 162 Å². The summed E-state index contributed by atoms with van der Waals surface area (Å²) in [7, 11) is 1.38. The van der Waals surface area contributed by atoms with Crippen LogP contribution >= 0.6 is 9.24 Å². The van der Waals surface area contributed by atoms with Gasteiger partial charge in [0.15, 0.2) is 6.61 Å². The van der Waals surface area contributed by atoms with Crippen LogP contribution in [-0.4, -0.2) is 37.0 Å². The third-order valence-electron chi connectivity index (χ3n) is 3.78. The average Bonchev–Trinajstić information content (AvgIpc) is 2.68. The molecule has 3 aromatic rings. The number of ether oxygens (including phenoxy) is 1. The summed E-state index contributed by atoms with van der Waals surface area (Å²) in [6.07, 6.45) is 7.12. The normalized spacial score (nSPS) is 11.4. The standard InChI is InChI=1S/C18H18F2N5O2P/c1-2-12-5-13(7-21-6-12)10-25-16(26)4-3-15(24-25)14-8-22-17(23-9-14)27-11-18(19,20)28/h3-9H,2,10-11,28H2,1H3. The van der Waals surface area contributed by atoms with E-state index in [1.165, 1.54) is 32.4 Å². The fourth-order valence-electron chi connectivity index (χ4n) is 2.39. The number of aromatic nitrogens is 5. The van der Waals surface area contributed by atoms with E-state index in [1.807, 2.05) is 13.0 Å². The highest BCUT2D eigenvalue weighted by Gasteiger charge is 2.22. The maximum atomic E-state index is 12.8. The van der Waals surface area contributed by atoms with Crippen molar-refractivity contribution in [3.63, 3.8) is 0 Å². The van der Waals surface area contributed by atoms with Gasteiger partial charge in [0.05, 0.1) is 12.2 Å². The predicted octanol–water partition coefficient (Wildman–Crippen LogP) is 2.55. The van der Waals surface area contributed by atoms with Crippen molar-refractivity contribution in [2.75, 3.05) is 6.61 Å². The van der Waals surface area contributed by atoms with Crippen LogP contribution < -0.4 is 10.3 Å². The molecule has 3 aromatic heterocycles. The smallest absolute Gasteiger partial charge is 0.316 e. The second kappa shape index (κ2) is 8.48. The summed E-state index contributed by atoms with van der Waals surface area (Å²) < 4.78 is 31.7. The zero-order chi connectivity index (χ0) is 20.1. The molecule has 10 heteroatoms. The van der Waals surface area contributed by atoms with Gasteiger partial charge in [-0.2, -0.15) is 13.9 Å². The third kappa shape index (κ3) is 5.36. The van der Waals surface area contributed by atoms with Gasteiger partial charge in [0.1, 0.15) is 0 Å². The van der Waals surface area contributed by atoms with Gasteiger partial charge in [0, 0.05) is 36.4 Å². The van der Waals surface area contributed by atoms with Crippen LogP contribution in [0.1, 0.15) is 18.1 Å². The van der Waals surface area contributed by atoms with Crippen LogP contribution in [0.25, 0.3) is 11.3 Å². The average molecular weight is 405 g/mol. The molecule has 0 amide bonds. The van der Waals surface area contributed by atoms with Gasteiger partial charge in [0.2, 0.25) is 0 Å². The summed E-state index contributed by atoms with van der Waals surface area (Å²) >= 11 is 0. The lowest BCUT2D eigenvalue weighted by atomic mass is 10.1. The summed E-state index contributed by atoms with van der Waals surface area (Å²) in [5.41, 5.74) is -0.370. The zero-order valence-electron chi connectivity index (χ0n) is 15.0. The lowest BCUT2D eigenvalue weighted by molar-refractivity contribution is 0.0422. The number of pyridine rings is 1. The first-order chi connectivity index (χ1) is 13.3. The Morgan fingerprint density at radius 1 is 1.14 bits per heavy atom. The van der Waals surface area contributed by atoms with E-state index in [0.29, 0.717) is 11.3 Å². The van der Waals surface area contributed by atoms with Gasteiger partial charge >= 0.3 is 6.01 Å². The molecule has 7 nitrogen and oxygen atoms in total. The van der Waals surface area contributed by atoms with E-state index in [2.05, 4.69) is 20.1 Å². The van der Waals surface area contributed by atoms with Crippen molar-refractivity contribution in [1.29, 1.82) is 0 Å². The van der Waals surface area contributed by atoms with Crippen LogP contribution in [0.2, 0.25) is 0 Å². The lowest BCUT2D eigenvalue weighted by Crippen LogP contribution is -2.23. The Hall–Kier alpha value is -2.80. The summed E-state index contributed by atoms with van der Waals surface area (Å²) in [4.78, 5) is 24.1. The number of hydrogen-bond acceptors (Lipinski definition) is 6. The van der Waals surface area contributed by atoms with Gasteiger partial charge in [-0.25, -0.2) is 14.6 Å².